The molecule has 0 fully saturated rings. The number of benzene rings is 4. The standard InChI is InChI=1S/C38H36N2/c1-5-7-15-35-27(3)28(4)36(16-8-6-2)39(35)31-23-19-29(20-24-31)30-21-25-32(26-22-30)40-37-17-11-9-13-33(37)34-14-10-12-18-38(34)40/h7-26H,5-6H2,1-4H3. The molecule has 0 aliphatic carbocycles. The van der Waals surface area contributed by atoms with E-state index in [4.69, 9.17) is 0 Å². The van der Waals surface area contributed by atoms with E-state index in [-0.39, 0.29) is 0 Å². The maximum atomic E-state index is 2.40. The molecule has 0 radical (unpaired) electrons. The predicted molar refractivity (Wildman–Crippen MR) is 174 cm³/mol. The van der Waals surface area contributed by atoms with Crippen molar-refractivity contribution in [2.45, 2.75) is 40.5 Å². The van der Waals surface area contributed by atoms with Crippen LogP contribution in [0.5, 0.6) is 0 Å². The quantitative estimate of drug-likeness (QED) is 0.198. The van der Waals surface area contributed by atoms with Crippen molar-refractivity contribution in [1.82, 2.24) is 9.13 Å². The van der Waals surface area contributed by atoms with E-state index < -0.39 is 0 Å². The first kappa shape index (κ1) is 25.7. The zero-order valence-electron chi connectivity index (χ0n) is 23.9. The Morgan fingerprint density at radius 1 is 0.500 bits per heavy atom. The number of fused-ring (bicyclic) bond motifs is 3. The molecule has 2 heteroatoms. The molecule has 0 aliphatic heterocycles. The van der Waals surface area contributed by atoms with Crippen molar-refractivity contribution in [3.05, 3.63) is 132 Å². The highest BCUT2D eigenvalue weighted by atomic mass is 15.0. The summed E-state index contributed by atoms with van der Waals surface area (Å²) in [4.78, 5) is 0. The van der Waals surface area contributed by atoms with E-state index >= 15 is 0 Å². The molecule has 6 aromatic rings. The molecule has 0 N–H and O–H groups in total. The molecule has 4 aromatic carbocycles. The Kier molecular flexibility index (Phi) is 7.00. The lowest BCUT2D eigenvalue weighted by Gasteiger charge is -2.13. The van der Waals surface area contributed by atoms with Gasteiger partial charge in [0.25, 0.3) is 0 Å². The third-order valence-electron chi connectivity index (χ3n) is 8.00. The second kappa shape index (κ2) is 10.9. The number of rotatable bonds is 7. The van der Waals surface area contributed by atoms with Crippen LogP contribution in [-0.4, -0.2) is 9.13 Å². The van der Waals surface area contributed by atoms with Gasteiger partial charge in [0, 0.05) is 33.5 Å². The van der Waals surface area contributed by atoms with Crippen LogP contribution in [0.4, 0.5) is 0 Å². The summed E-state index contributed by atoms with van der Waals surface area (Å²) < 4.78 is 4.77. The maximum absolute atomic E-state index is 2.40. The van der Waals surface area contributed by atoms with Crippen LogP contribution in [0.15, 0.2) is 109 Å². The minimum absolute atomic E-state index is 1.02. The SMILES string of the molecule is CCC=Cc1c(C)c(C)c(C=CCC)n1-c1ccc(-c2ccc(-n3c4ccccc4c4ccccc43)cc2)cc1. The average molecular weight is 521 g/mol. The fourth-order valence-corrected chi connectivity index (χ4v) is 5.79. The molecule has 2 nitrogen and oxygen atoms in total. The van der Waals surface area contributed by atoms with Gasteiger partial charge in [-0.1, -0.05) is 86.7 Å². The molecule has 0 amide bonds. The van der Waals surface area contributed by atoms with Gasteiger partial charge in [0.2, 0.25) is 0 Å². The number of hydrogen-bond acceptors (Lipinski definition) is 0. The molecule has 0 saturated carbocycles. The molecule has 0 atom stereocenters. The summed E-state index contributed by atoms with van der Waals surface area (Å²) in [6.45, 7) is 8.84. The van der Waals surface area contributed by atoms with Crippen LogP contribution in [0.2, 0.25) is 0 Å². The van der Waals surface area contributed by atoms with E-state index in [2.05, 4.69) is 158 Å². The van der Waals surface area contributed by atoms with Gasteiger partial charge in [-0.25, -0.2) is 0 Å². The molecule has 0 saturated heterocycles. The molecule has 198 valence electrons. The highest BCUT2D eigenvalue weighted by molar-refractivity contribution is 6.09. The third kappa shape index (κ3) is 4.40. The van der Waals surface area contributed by atoms with Gasteiger partial charge in [0.05, 0.1) is 11.0 Å². The van der Waals surface area contributed by atoms with Crippen molar-refractivity contribution in [3.8, 4) is 22.5 Å². The molecule has 2 aromatic heterocycles. The highest BCUT2D eigenvalue weighted by Gasteiger charge is 2.16. The number of allylic oxidation sites excluding steroid dienone is 2. The van der Waals surface area contributed by atoms with E-state index in [1.54, 1.807) is 0 Å². The summed E-state index contributed by atoms with van der Waals surface area (Å²) in [6, 6.07) is 35.3. The first-order chi connectivity index (χ1) is 19.6. The van der Waals surface area contributed by atoms with Gasteiger partial charge in [-0.2, -0.15) is 0 Å². The Hall–Kier alpha value is -4.56. The van der Waals surface area contributed by atoms with Gasteiger partial charge in [0.1, 0.15) is 0 Å². The molecular weight excluding hydrogens is 484 g/mol. The van der Waals surface area contributed by atoms with E-state index in [9.17, 15) is 0 Å². The van der Waals surface area contributed by atoms with E-state index in [1.807, 2.05) is 0 Å². The minimum Gasteiger partial charge on any atom is -0.310 e. The first-order valence-electron chi connectivity index (χ1n) is 14.4. The minimum atomic E-state index is 1.02. The monoisotopic (exact) mass is 520 g/mol. The van der Waals surface area contributed by atoms with Crippen molar-refractivity contribution in [2.75, 3.05) is 0 Å². The largest absolute Gasteiger partial charge is 0.310 e. The summed E-state index contributed by atoms with van der Waals surface area (Å²) in [7, 11) is 0. The number of aromatic nitrogens is 2. The summed E-state index contributed by atoms with van der Waals surface area (Å²) in [5.74, 6) is 0. The Morgan fingerprint density at radius 3 is 1.32 bits per heavy atom. The van der Waals surface area contributed by atoms with Crippen molar-refractivity contribution < 1.29 is 0 Å². The number of para-hydroxylation sites is 2. The number of hydrogen-bond donors (Lipinski definition) is 0. The second-order valence-electron chi connectivity index (χ2n) is 10.4. The first-order valence-corrected chi connectivity index (χ1v) is 14.4. The van der Waals surface area contributed by atoms with Crippen molar-refractivity contribution >= 4 is 34.0 Å². The average Bonchev–Trinajstić information content (AvgIpc) is 3.46. The third-order valence-corrected chi connectivity index (χ3v) is 8.00. The van der Waals surface area contributed by atoms with Gasteiger partial charge < -0.3 is 9.13 Å². The van der Waals surface area contributed by atoms with E-state index in [1.165, 1.54) is 66.8 Å². The van der Waals surface area contributed by atoms with Crippen LogP contribution in [-0.2, 0) is 0 Å². The summed E-state index contributed by atoms with van der Waals surface area (Å²) >= 11 is 0. The summed E-state index contributed by atoms with van der Waals surface area (Å²) in [5, 5.41) is 2.57. The van der Waals surface area contributed by atoms with Crippen molar-refractivity contribution in [2.24, 2.45) is 0 Å². The fraction of sp³-hybridized carbons (Fsp3) is 0.158. The fourth-order valence-electron chi connectivity index (χ4n) is 5.79. The van der Waals surface area contributed by atoms with Crippen LogP contribution < -0.4 is 0 Å². The lowest BCUT2D eigenvalue weighted by molar-refractivity contribution is 1.03. The molecule has 0 spiro atoms. The maximum Gasteiger partial charge on any atom is 0.0541 e. The van der Waals surface area contributed by atoms with Crippen LogP contribution in [0.25, 0.3) is 56.5 Å². The van der Waals surface area contributed by atoms with Gasteiger partial charge in [-0.15, -0.1) is 0 Å². The Labute approximate surface area is 237 Å². The summed E-state index contributed by atoms with van der Waals surface area (Å²) in [6.07, 6.45) is 11.1. The smallest absolute Gasteiger partial charge is 0.0541 e. The molecule has 0 aliphatic rings. The highest BCUT2D eigenvalue weighted by Crippen LogP contribution is 2.33. The Balaban J connectivity index is 1.38. The van der Waals surface area contributed by atoms with Crippen LogP contribution in [0.3, 0.4) is 0 Å². The molecule has 2 heterocycles. The molecule has 40 heavy (non-hydrogen) atoms. The van der Waals surface area contributed by atoms with Gasteiger partial charge in [-0.05, 0) is 97.5 Å². The van der Waals surface area contributed by atoms with Crippen molar-refractivity contribution in [3.63, 3.8) is 0 Å². The van der Waals surface area contributed by atoms with Gasteiger partial charge in [0.15, 0.2) is 0 Å². The predicted octanol–water partition coefficient (Wildman–Crippen LogP) is 10.7. The van der Waals surface area contributed by atoms with Crippen LogP contribution >= 0.6 is 0 Å². The van der Waals surface area contributed by atoms with Crippen LogP contribution in [0, 0.1) is 13.8 Å². The normalized spacial score (nSPS) is 12.0. The Bertz CT molecular complexity index is 1770. The van der Waals surface area contributed by atoms with Crippen molar-refractivity contribution in [1.29, 1.82) is 0 Å². The molecule has 0 bridgehead atoms. The van der Waals surface area contributed by atoms with Crippen LogP contribution in [0.1, 0.15) is 49.2 Å². The lowest BCUT2D eigenvalue weighted by Crippen LogP contribution is -2.00. The number of nitrogens with zero attached hydrogens (tertiary/aromatic N) is 2. The zero-order valence-corrected chi connectivity index (χ0v) is 23.9. The topological polar surface area (TPSA) is 9.86 Å². The van der Waals surface area contributed by atoms with E-state index in [0.717, 1.165) is 12.8 Å². The molecule has 0 unspecified atom stereocenters. The molecular formula is C38H36N2. The molecule has 6 rings (SSSR count). The zero-order chi connectivity index (χ0) is 27.6. The van der Waals surface area contributed by atoms with E-state index in [0.29, 0.717) is 0 Å². The van der Waals surface area contributed by atoms with Gasteiger partial charge >= 0.3 is 0 Å². The lowest BCUT2D eigenvalue weighted by atomic mass is 10.0. The summed E-state index contributed by atoms with van der Waals surface area (Å²) in [5.41, 5.74) is 12.5. The second-order valence-corrected chi connectivity index (χ2v) is 10.4. The Morgan fingerprint density at radius 2 is 0.900 bits per heavy atom. The van der Waals surface area contributed by atoms with Gasteiger partial charge in [-0.3, -0.25) is 0 Å².